The molecule has 0 aliphatic carbocycles. The van der Waals surface area contributed by atoms with Gasteiger partial charge in [0.25, 0.3) is 0 Å². The van der Waals surface area contributed by atoms with E-state index in [2.05, 4.69) is 36.4 Å². The van der Waals surface area contributed by atoms with Gasteiger partial charge in [0.2, 0.25) is 5.91 Å². The van der Waals surface area contributed by atoms with Crippen molar-refractivity contribution in [2.75, 3.05) is 11.1 Å². The first-order valence-corrected chi connectivity index (χ1v) is 11.0. The van der Waals surface area contributed by atoms with Crippen LogP contribution in [0.15, 0.2) is 52.2 Å². The number of benzene rings is 1. The molecular weight excluding hydrogens is 478 g/mol. The summed E-state index contributed by atoms with van der Waals surface area (Å²) in [6.45, 7) is 4.53. The van der Waals surface area contributed by atoms with Gasteiger partial charge in [-0.25, -0.2) is 4.98 Å². The van der Waals surface area contributed by atoms with Crippen molar-refractivity contribution < 1.29 is 9.53 Å². The third-order valence-electron chi connectivity index (χ3n) is 3.89. The van der Waals surface area contributed by atoms with Crippen molar-refractivity contribution in [3.63, 3.8) is 0 Å². The van der Waals surface area contributed by atoms with Gasteiger partial charge in [0.15, 0.2) is 17.1 Å². The molecule has 10 heteroatoms. The van der Waals surface area contributed by atoms with Crippen molar-refractivity contribution in [3.8, 4) is 5.75 Å². The minimum atomic E-state index is -0.350. The normalized spacial score (nSPS) is 11.9. The van der Waals surface area contributed by atoms with E-state index in [4.69, 9.17) is 16.3 Å². The molecule has 3 aromatic rings. The number of nitrogens with one attached hydrogen (secondary N) is 1. The van der Waals surface area contributed by atoms with Crippen LogP contribution < -0.4 is 10.1 Å². The zero-order chi connectivity index (χ0) is 20.8. The maximum absolute atomic E-state index is 12.2. The number of aromatic nitrogens is 4. The lowest BCUT2D eigenvalue weighted by Crippen LogP contribution is -2.16. The number of amides is 1. The van der Waals surface area contributed by atoms with Crippen LogP contribution in [0.1, 0.15) is 25.8 Å². The van der Waals surface area contributed by atoms with Gasteiger partial charge in [-0.3, -0.25) is 4.79 Å². The van der Waals surface area contributed by atoms with Gasteiger partial charge in [-0.15, -0.1) is 10.2 Å². The molecule has 0 saturated carbocycles. The van der Waals surface area contributed by atoms with Crippen molar-refractivity contribution in [1.29, 1.82) is 0 Å². The Hall–Kier alpha value is -2.10. The van der Waals surface area contributed by atoms with Crippen LogP contribution in [0.5, 0.6) is 5.75 Å². The molecule has 0 saturated heterocycles. The fraction of sp³-hybridized carbons (Fsp3) is 0.263. The van der Waals surface area contributed by atoms with Crippen molar-refractivity contribution in [3.05, 3.63) is 57.9 Å². The Morgan fingerprint density at radius 1 is 1.31 bits per heavy atom. The third-order valence-corrected chi connectivity index (χ3v) is 5.64. The van der Waals surface area contributed by atoms with E-state index < -0.39 is 0 Å². The average Bonchev–Trinajstić information content (AvgIpc) is 3.13. The number of nitrogens with zero attached hydrogens (tertiary/aromatic N) is 4. The van der Waals surface area contributed by atoms with Crippen LogP contribution in [-0.4, -0.2) is 31.4 Å². The van der Waals surface area contributed by atoms with Crippen LogP contribution in [0, 0.1) is 0 Å². The molecule has 1 amide bonds. The average molecular weight is 497 g/mol. The molecule has 1 aromatic carbocycles. The summed E-state index contributed by atoms with van der Waals surface area (Å²) in [6, 6.07) is 10.8. The Balaban J connectivity index is 1.63. The predicted octanol–water partition coefficient (Wildman–Crippen LogP) is 4.98. The fourth-order valence-corrected chi connectivity index (χ4v) is 3.77. The SMILES string of the molecule is CCn1c(SCC(=O)Nc2ccc(Br)cn2)nnc1C(C)Oc1ccccc1Cl. The van der Waals surface area contributed by atoms with Gasteiger partial charge in [-0.05, 0) is 54.0 Å². The van der Waals surface area contributed by atoms with Crippen molar-refractivity contribution in [2.24, 2.45) is 0 Å². The number of halogens is 2. The molecule has 29 heavy (non-hydrogen) atoms. The number of carbonyl (C=O) groups is 1. The number of carbonyl (C=O) groups excluding carboxylic acids is 1. The number of para-hydroxylation sites is 1. The van der Waals surface area contributed by atoms with E-state index in [0.717, 1.165) is 4.47 Å². The van der Waals surface area contributed by atoms with E-state index >= 15 is 0 Å². The molecule has 0 aliphatic rings. The molecule has 1 N–H and O–H groups in total. The van der Waals surface area contributed by atoms with E-state index in [9.17, 15) is 4.79 Å². The van der Waals surface area contributed by atoms with Gasteiger partial charge in [0, 0.05) is 17.2 Å². The molecule has 0 bridgehead atoms. The Labute approximate surface area is 186 Å². The zero-order valence-electron chi connectivity index (χ0n) is 15.8. The van der Waals surface area contributed by atoms with Crippen LogP contribution in [-0.2, 0) is 11.3 Å². The molecule has 2 aromatic heterocycles. The first-order valence-electron chi connectivity index (χ1n) is 8.86. The highest BCUT2D eigenvalue weighted by Gasteiger charge is 2.20. The lowest BCUT2D eigenvalue weighted by molar-refractivity contribution is -0.113. The number of pyridine rings is 1. The van der Waals surface area contributed by atoms with E-state index in [1.165, 1.54) is 11.8 Å². The number of rotatable bonds is 8. The third kappa shape index (κ3) is 5.71. The van der Waals surface area contributed by atoms with Crippen LogP contribution in [0.25, 0.3) is 0 Å². The second kappa shape index (κ2) is 10.1. The number of anilines is 1. The zero-order valence-corrected chi connectivity index (χ0v) is 19.0. The van der Waals surface area contributed by atoms with Crippen molar-refractivity contribution in [2.45, 2.75) is 31.7 Å². The largest absolute Gasteiger partial charge is 0.481 e. The van der Waals surface area contributed by atoms with E-state index in [-0.39, 0.29) is 17.8 Å². The smallest absolute Gasteiger partial charge is 0.236 e. The highest BCUT2D eigenvalue weighted by Crippen LogP contribution is 2.29. The van der Waals surface area contributed by atoms with Crippen LogP contribution in [0.3, 0.4) is 0 Å². The lowest BCUT2D eigenvalue weighted by atomic mass is 10.3. The molecule has 152 valence electrons. The lowest BCUT2D eigenvalue weighted by Gasteiger charge is -2.16. The standard InChI is InChI=1S/C19H19BrClN5O2S/c1-3-26-18(12(2)28-15-7-5-4-6-14(15)21)24-25-19(26)29-11-17(27)23-16-9-8-13(20)10-22-16/h4-10,12H,3,11H2,1-2H3,(H,22,23,27). The Kier molecular flexibility index (Phi) is 7.51. The maximum Gasteiger partial charge on any atom is 0.236 e. The van der Waals surface area contributed by atoms with Crippen molar-refractivity contribution >= 4 is 51.0 Å². The van der Waals surface area contributed by atoms with Gasteiger partial charge in [0.05, 0.1) is 10.8 Å². The highest BCUT2D eigenvalue weighted by molar-refractivity contribution is 9.10. The van der Waals surface area contributed by atoms with Gasteiger partial charge in [-0.1, -0.05) is 35.5 Å². The van der Waals surface area contributed by atoms with Crippen LogP contribution in [0.2, 0.25) is 5.02 Å². The summed E-state index contributed by atoms with van der Waals surface area (Å²) in [7, 11) is 0. The molecule has 3 rings (SSSR count). The quantitative estimate of drug-likeness (QED) is 0.443. The number of ether oxygens (including phenoxy) is 1. The number of thioether (sulfide) groups is 1. The summed E-state index contributed by atoms with van der Waals surface area (Å²) in [6.07, 6.45) is 1.28. The summed E-state index contributed by atoms with van der Waals surface area (Å²) in [5.41, 5.74) is 0. The molecule has 7 nitrogen and oxygen atoms in total. The molecule has 0 fully saturated rings. The molecule has 0 radical (unpaired) electrons. The van der Waals surface area contributed by atoms with Crippen LogP contribution >= 0.6 is 39.3 Å². The molecule has 0 spiro atoms. The van der Waals surface area contributed by atoms with Gasteiger partial charge >= 0.3 is 0 Å². The second-order valence-electron chi connectivity index (χ2n) is 5.97. The highest BCUT2D eigenvalue weighted by atomic mass is 79.9. The monoisotopic (exact) mass is 495 g/mol. The Morgan fingerprint density at radius 2 is 2.10 bits per heavy atom. The van der Waals surface area contributed by atoms with Gasteiger partial charge in [0.1, 0.15) is 11.6 Å². The Morgan fingerprint density at radius 3 is 2.79 bits per heavy atom. The summed E-state index contributed by atoms with van der Waals surface area (Å²) in [5, 5.41) is 12.4. The summed E-state index contributed by atoms with van der Waals surface area (Å²) in [4.78, 5) is 16.3. The second-order valence-corrected chi connectivity index (χ2v) is 8.24. The molecule has 1 unspecified atom stereocenters. The topological polar surface area (TPSA) is 81.9 Å². The first kappa shape index (κ1) is 21.6. The molecule has 0 aliphatic heterocycles. The fourth-order valence-electron chi connectivity index (χ4n) is 2.55. The Bertz CT molecular complexity index is 983. The predicted molar refractivity (Wildman–Crippen MR) is 117 cm³/mol. The molecule has 2 heterocycles. The van der Waals surface area contributed by atoms with Gasteiger partial charge in [-0.2, -0.15) is 0 Å². The minimum Gasteiger partial charge on any atom is -0.481 e. The molecular formula is C19H19BrClN5O2S. The van der Waals surface area contributed by atoms with E-state index in [1.54, 1.807) is 18.3 Å². The summed E-state index contributed by atoms with van der Waals surface area (Å²) in [5.74, 6) is 1.78. The van der Waals surface area contributed by atoms with Crippen LogP contribution in [0.4, 0.5) is 5.82 Å². The van der Waals surface area contributed by atoms with E-state index in [1.807, 2.05) is 42.7 Å². The first-order chi connectivity index (χ1) is 14.0. The maximum atomic E-state index is 12.2. The summed E-state index contributed by atoms with van der Waals surface area (Å²) < 4.78 is 8.72. The molecule has 1 atom stereocenters. The number of hydrogen-bond acceptors (Lipinski definition) is 6. The van der Waals surface area contributed by atoms with Gasteiger partial charge < -0.3 is 14.6 Å². The van der Waals surface area contributed by atoms with Crippen molar-refractivity contribution in [1.82, 2.24) is 19.7 Å². The minimum absolute atomic E-state index is 0.169. The van der Waals surface area contributed by atoms with E-state index in [0.29, 0.717) is 34.1 Å². The number of hydrogen-bond donors (Lipinski definition) is 1. The summed E-state index contributed by atoms with van der Waals surface area (Å²) >= 11 is 10.8.